The molecule has 3 aromatic heterocycles. The predicted octanol–water partition coefficient (Wildman–Crippen LogP) is 4.11. The lowest BCUT2D eigenvalue weighted by Crippen LogP contribution is -2.21. The first-order chi connectivity index (χ1) is 13.2. The van der Waals surface area contributed by atoms with Gasteiger partial charge in [0.25, 0.3) is 0 Å². The van der Waals surface area contributed by atoms with Crippen molar-refractivity contribution in [3.8, 4) is 11.3 Å². The monoisotopic (exact) mass is 383 g/mol. The SMILES string of the molecule is CN=Nc1ncc(-c2ccc3cc(C(O)C4CCOCC4)sc3n2)cc1N. The molecule has 0 spiro atoms. The quantitative estimate of drug-likeness (QED) is 0.659. The van der Waals surface area contributed by atoms with Gasteiger partial charge in [0.15, 0.2) is 5.82 Å². The van der Waals surface area contributed by atoms with E-state index in [2.05, 4.69) is 15.2 Å². The first-order valence-corrected chi connectivity index (χ1v) is 9.69. The first kappa shape index (κ1) is 18.0. The number of nitrogens with two attached hydrogens (primary N) is 1. The molecule has 0 amide bonds. The molecule has 0 radical (unpaired) electrons. The van der Waals surface area contributed by atoms with Gasteiger partial charge in [-0.25, -0.2) is 9.97 Å². The van der Waals surface area contributed by atoms with E-state index in [1.807, 2.05) is 18.2 Å². The zero-order valence-corrected chi connectivity index (χ0v) is 15.8. The summed E-state index contributed by atoms with van der Waals surface area (Å²) in [5.74, 6) is 0.649. The van der Waals surface area contributed by atoms with Crippen LogP contribution in [-0.2, 0) is 4.74 Å². The molecular formula is C19H21N5O2S. The Morgan fingerprint density at radius 1 is 1.30 bits per heavy atom. The van der Waals surface area contributed by atoms with Crippen LogP contribution < -0.4 is 5.73 Å². The van der Waals surface area contributed by atoms with Crippen molar-refractivity contribution < 1.29 is 9.84 Å². The predicted molar refractivity (Wildman–Crippen MR) is 106 cm³/mol. The molecule has 4 heterocycles. The summed E-state index contributed by atoms with van der Waals surface area (Å²) in [6.07, 6.45) is 3.01. The molecule has 3 aromatic rings. The number of hydrogen-bond acceptors (Lipinski definition) is 8. The fourth-order valence-corrected chi connectivity index (χ4v) is 4.41. The molecular weight excluding hydrogens is 362 g/mol. The Balaban J connectivity index is 1.63. The van der Waals surface area contributed by atoms with Gasteiger partial charge >= 0.3 is 0 Å². The fraction of sp³-hybridized carbons (Fsp3) is 0.368. The van der Waals surface area contributed by atoms with Crippen molar-refractivity contribution in [3.05, 3.63) is 35.3 Å². The smallest absolute Gasteiger partial charge is 0.197 e. The second-order valence-electron chi connectivity index (χ2n) is 6.57. The average Bonchev–Trinajstić information content (AvgIpc) is 3.13. The zero-order valence-electron chi connectivity index (χ0n) is 15.0. The normalized spacial score (nSPS) is 17.0. The molecule has 0 aromatic carbocycles. The fourth-order valence-electron chi connectivity index (χ4n) is 3.30. The van der Waals surface area contributed by atoms with Crippen molar-refractivity contribution in [2.24, 2.45) is 16.1 Å². The van der Waals surface area contributed by atoms with Crippen LogP contribution in [0.1, 0.15) is 23.8 Å². The van der Waals surface area contributed by atoms with Crippen LogP contribution in [-0.4, -0.2) is 35.3 Å². The van der Waals surface area contributed by atoms with Crippen LogP contribution in [0.4, 0.5) is 11.5 Å². The lowest BCUT2D eigenvalue weighted by molar-refractivity contribution is 0.00856. The summed E-state index contributed by atoms with van der Waals surface area (Å²) in [6, 6.07) is 7.80. The number of thiophene rings is 1. The minimum absolute atomic E-state index is 0.246. The number of aromatic nitrogens is 2. The summed E-state index contributed by atoms with van der Waals surface area (Å²) in [5, 5.41) is 19.4. The summed E-state index contributed by atoms with van der Waals surface area (Å²) in [4.78, 5) is 10.8. The highest BCUT2D eigenvalue weighted by molar-refractivity contribution is 7.18. The van der Waals surface area contributed by atoms with Crippen molar-refractivity contribution >= 4 is 33.1 Å². The molecule has 1 aliphatic heterocycles. The molecule has 8 heteroatoms. The van der Waals surface area contributed by atoms with Crippen LogP contribution in [0.2, 0.25) is 0 Å². The molecule has 1 unspecified atom stereocenters. The maximum Gasteiger partial charge on any atom is 0.197 e. The molecule has 0 aliphatic carbocycles. The van der Waals surface area contributed by atoms with Gasteiger partial charge in [-0.2, -0.15) is 5.11 Å². The summed E-state index contributed by atoms with van der Waals surface area (Å²) in [5.41, 5.74) is 8.07. The molecule has 3 N–H and O–H groups in total. The molecule has 1 atom stereocenters. The second-order valence-corrected chi connectivity index (χ2v) is 7.63. The average molecular weight is 383 g/mol. The Hall–Kier alpha value is -2.42. The van der Waals surface area contributed by atoms with E-state index in [1.54, 1.807) is 19.3 Å². The van der Waals surface area contributed by atoms with Crippen molar-refractivity contribution in [2.75, 3.05) is 26.0 Å². The number of azo groups is 1. The summed E-state index contributed by atoms with van der Waals surface area (Å²) < 4.78 is 5.39. The number of aliphatic hydroxyl groups is 1. The van der Waals surface area contributed by atoms with Crippen LogP contribution in [0.15, 0.2) is 40.7 Å². The van der Waals surface area contributed by atoms with E-state index in [0.717, 1.165) is 52.4 Å². The van der Waals surface area contributed by atoms with Crippen molar-refractivity contribution in [1.29, 1.82) is 0 Å². The summed E-state index contributed by atoms with van der Waals surface area (Å²) >= 11 is 1.54. The van der Waals surface area contributed by atoms with Crippen LogP contribution in [0.5, 0.6) is 0 Å². The van der Waals surface area contributed by atoms with Crippen LogP contribution in [0.3, 0.4) is 0 Å². The van der Waals surface area contributed by atoms with E-state index in [4.69, 9.17) is 15.5 Å². The van der Waals surface area contributed by atoms with Gasteiger partial charge < -0.3 is 15.6 Å². The Bertz CT molecular complexity index is 981. The van der Waals surface area contributed by atoms with Gasteiger partial charge in [-0.05, 0) is 43.0 Å². The molecule has 1 aliphatic rings. The zero-order chi connectivity index (χ0) is 18.8. The Morgan fingerprint density at radius 2 is 2.11 bits per heavy atom. The van der Waals surface area contributed by atoms with Gasteiger partial charge in [-0.3, -0.25) is 0 Å². The van der Waals surface area contributed by atoms with Gasteiger partial charge in [-0.1, -0.05) is 0 Å². The molecule has 7 nitrogen and oxygen atoms in total. The van der Waals surface area contributed by atoms with E-state index >= 15 is 0 Å². The number of nitrogens with zero attached hydrogens (tertiary/aromatic N) is 4. The number of aliphatic hydroxyl groups excluding tert-OH is 1. The molecule has 0 saturated carbocycles. The highest BCUT2D eigenvalue weighted by Gasteiger charge is 2.25. The van der Waals surface area contributed by atoms with Gasteiger partial charge in [0.1, 0.15) is 4.83 Å². The van der Waals surface area contributed by atoms with Crippen molar-refractivity contribution in [1.82, 2.24) is 9.97 Å². The van der Waals surface area contributed by atoms with Gasteiger partial charge in [0, 0.05) is 42.3 Å². The Kier molecular flexibility index (Phi) is 5.11. The topological polar surface area (TPSA) is 106 Å². The molecule has 0 bridgehead atoms. The number of hydrogen-bond donors (Lipinski definition) is 2. The lowest BCUT2D eigenvalue weighted by Gasteiger charge is -2.25. The molecule has 4 rings (SSSR count). The molecule has 27 heavy (non-hydrogen) atoms. The number of pyridine rings is 2. The van der Waals surface area contributed by atoms with Crippen LogP contribution >= 0.6 is 11.3 Å². The number of rotatable bonds is 4. The van der Waals surface area contributed by atoms with Crippen molar-refractivity contribution in [3.63, 3.8) is 0 Å². The maximum absolute atomic E-state index is 10.7. The van der Waals surface area contributed by atoms with Crippen molar-refractivity contribution in [2.45, 2.75) is 18.9 Å². The Morgan fingerprint density at radius 3 is 2.85 bits per heavy atom. The Labute approximate surface area is 160 Å². The molecule has 1 fully saturated rings. The third-order valence-corrected chi connectivity index (χ3v) is 5.91. The minimum Gasteiger partial charge on any atom is -0.396 e. The first-order valence-electron chi connectivity index (χ1n) is 8.87. The number of nitrogen functional groups attached to an aromatic ring is 1. The number of fused-ring (bicyclic) bond motifs is 1. The van der Waals surface area contributed by atoms with Crippen LogP contribution in [0, 0.1) is 5.92 Å². The van der Waals surface area contributed by atoms with E-state index in [-0.39, 0.29) is 5.92 Å². The maximum atomic E-state index is 10.7. The third kappa shape index (κ3) is 3.69. The molecule has 1 saturated heterocycles. The third-order valence-electron chi connectivity index (χ3n) is 4.79. The largest absolute Gasteiger partial charge is 0.396 e. The van der Waals surface area contributed by atoms with Gasteiger partial charge in [0.2, 0.25) is 0 Å². The van der Waals surface area contributed by atoms with E-state index in [1.165, 1.54) is 11.3 Å². The van der Waals surface area contributed by atoms with E-state index < -0.39 is 6.10 Å². The van der Waals surface area contributed by atoms with Gasteiger partial charge in [0.05, 0.1) is 17.5 Å². The highest BCUT2D eigenvalue weighted by atomic mass is 32.1. The summed E-state index contributed by atoms with van der Waals surface area (Å²) in [7, 11) is 1.58. The highest BCUT2D eigenvalue weighted by Crippen LogP contribution is 2.37. The van der Waals surface area contributed by atoms with Gasteiger partial charge in [-0.15, -0.1) is 16.5 Å². The van der Waals surface area contributed by atoms with E-state index in [0.29, 0.717) is 11.5 Å². The minimum atomic E-state index is -0.465. The second kappa shape index (κ2) is 7.67. The van der Waals surface area contributed by atoms with E-state index in [9.17, 15) is 5.11 Å². The standard InChI is InChI=1S/C19H21N5O2S/c1-21-24-18-14(20)8-13(10-22-18)15-3-2-12-9-16(27-19(12)23-15)17(25)11-4-6-26-7-5-11/h2-3,8-11,17,25H,4-7,20H2,1H3. The number of ether oxygens (including phenoxy) is 1. The summed E-state index contributed by atoms with van der Waals surface area (Å²) in [6.45, 7) is 1.44. The van der Waals surface area contributed by atoms with Crippen LogP contribution in [0.25, 0.3) is 21.5 Å². The molecule has 140 valence electrons. The lowest BCUT2D eigenvalue weighted by atomic mass is 9.93. The number of anilines is 1.